The molecule has 2 amide bonds. The molecule has 1 aromatic heterocycles. The van der Waals surface area contributed by atoms with Crippen molar-refractivity contribution in [3.63, 3.8) is 0 Å². The Morgan fingerprint density at radius 2 is 1.92 bits per heavy atom. The number of amides is 2. The minimum absolute atomic E-state index is 0.151. The Kier molecular flexibility index (Phi) is 6.77. The normalized spacial score (nSPS) is 10.5. The van der Waals surface area contributed by atoms with Crippen LogP contribution in [0, 0.1) is 13.8 Å². The van der Waals surface area contributed by atoms with Gasteiger partial charge in [0.25, 0.3) is 5.91 Å². The Morgan fingerprint density at radius 3 is 2.52 bits per heavy atom. The Balaban J connectivity index is 2.12. The van der Waals surface area contributed by atoms with Crippen LogP contribution in [-0.4, -0.2) is 29.9 Å². The fraction of sp³-hybridized carbons (Fsp3) is 0.368. The van der Waals surface area contributed by atoms with E-state index < -0.39 is 0 Å². The zero-order valence-corrected chi connectivity index (χ0v) is 14.9. The molecule has 0 radical (unpaired) electrons. The van der Waals surface area contributed by atoms with Crippen LogP contribution in [0.2, 0.25) is 0 Å². The molecule has 0 spiro atoms. The molecule has 2 rings (SSSR count). The van der Waals surface area contributed by atoms with Crippen molar-refractivity contribution in [2.45, 2.75) is 33.7 Å². The monoisotopic (exact) mass is 344 g/mol. The van der Waals surface area contributed by atoms with Crippen molar-refractivity contribution < 1.29 is 18.8 Å². The van der Waals surface area contributed by atoms with Gasteiger partial charge in [0.1, 0.15) is 11.5 Å². The summed E-state index contributed by atoms with van der Waals surface area (Å²) in [7, 11) is 0. The summed E-state index contributed by atoms with van der Waals surface area (Å²) < 4.78 is 5.47. The highest BCUT2D eigenvalue weighted by Gasteiger charge is 2.21. The maximum Gasteiger partial charge on any atom is 0.257 e. The molecule has 0 fully saturated rings. The van der Waals surface area contributed by atoms with Crippen LogP contribution in [0.15, 0.2) is 40.8 Å². The van der Waals surface area contributed by atoms with Crippen LogP contribution in [0.4, 0.5) is 0 Å². The van der Waals surface area contributed by atoms with Gasteiger partial charge in [0, 0.05) is 19.5 Å². The second-order valence-electron chi connectivity index (χ2n) is 5.75. The van der Waals surface area contributed by atoms with Crippen molar-refractivity contribution in [2.75, 3.05) is 13.2 Å². The quantitative estimate of drug-likeness (QED) is 0.747. The third-order valence-electron chi connectivity index (χ3n) is 3.71. The maximum absolute atomic E-state index is 12.9. The molecule has 0 bridgehead atoms. The van der Waals surface area contributed by atoms with Gasteiger partial charge < -0.3 is 9.32 Å². The van der Waals surface area contributed by atoms with E-state index in [0.717, 1.165) is 5.56 Å². The zero-order chi connectivity index (χ0) is 18.2. The van der Waals surface area contributed by atoms with Crippen LogP contribution in [0.5, 0.6) is 0 Å². The molecular weight excluding hydrogens is 320 g/mol. The molecule has 0 aliphatic rings. The molecule has 134 valence electrons. The second-order valence-corrected chi connectivity index (χ2v) is 5.75. The van der Waals surface area contributed by atoms with Crippen molar-refractivity contribution in [1.29, 1.82) is 0 Å². The molecule has 6 heteroatoms. The van der Waals surface area contributed by atoms with E-state index in [1.165, 1.54) is 0 Å². The van der Waals surface area contributed by atoms with E-state index in [1.807, 2.05) is 30.3 Å². The summed E-state index contributed by atoms with van der Waals surface area (Å²) in [5, 5.41) is 0. The van der Waals surface area contributed by atoms with Crippen molar-refractivity contribution in [3.8, 4) is 0 Å². The summed E-state index contributed by atoms with van der Waals surface area (Å²) in [4.78, 5) is 31.3. The summed E-state index contributed by atoms with van der Waals surface area (Å²) >= 11 is 0. The fourth-order valence-corrected chi connectivity index (χ4v) is 2.51. The van der Waals surface area contributed by atoms with Crippen molar-refractivity contribution in [3.05, 3.63) is 59.0 Å². The van der Waals surface area contributed by atoms with Gasteiger partial charge in [-0.3, -0.25) is 14.4 Å². The van der Waals surface area contributed by atoms with E-state index in [2.05, 4.69) is 5.48 Å². The van der Waals surface area contributed by atoms with E-state index in [1.54, 1.807) is 31.7 Å². The number of hydroxylamine groups is 1. The van der Waals surface area contributed by atoms with E-state index in [9.17, 15) is 9.59 Å². The molecule has 1 heterocycles. The lowest BCUT2D eigenvalue weighted by Gasteiger charge is -2.22. The Hall–Kier alpha value is -2.60. The van der Waals surface area contributed by atoms with Crippen molar-refractivity contribution in [1.82, 2.24) is 10.4 Å². The standard InChI is InChI=1S/C19H24N2O4/c1-4-24-20-18(22)10-11-21(13-16-8-6-5-7-9-16)19(23)17-12-14(2)25-15(17)3/h5-9,12H,4,10-11,13H2,1-3H3,(H,20,22). The van der Waals surface area contributed by atoms with Gasteiger partial charge in [-0.15, -0.1) is 0 Å². The lowest BCUT2D eigenvalue weighted by Crippen LogP contribution is -2.35. The first-order valence-corrected chi connectivity index (χ1v) is 8.32. The number of carbonyl (C=O) groups is 2. The highest BCUT2D eigenvalue weighted by Crippen LogP contribution is 2.18. The molecule has 0 saturated carbocycles. The van der Waals surface area contributed by atoms with Gasteiger partial charge in [0.2, 0.25) is 5.91 Å². The molecule has 0 aliphatic heterocycles. The molecule has 0 unspecified atom stereocenters. The van der Waals surface area contributed by atoms with Crippen LogP contribution in [0.1, 0.15) is 40.8 Å². The van der Waals surface area contributed by atoms with Gasteiger partial charge in [0.15, 0.2) is 0 Å². The minimum Gasteiger partial charge on any atom is -0.466 e. The number of hydrogen-bond donors (Lipinski definition) is 1. The van der Waals surface area contributed by atoms with Crippen LogP contribution in [0.25, 0.3) is 0 Å². The van der Waals surface area contributed by atoms with Gasteiger partial charge in [-0.2, -0.15) is 0 Å². The molecule has 1 aromatic carbocycles. The van der Waals surface area contributed by atoms with E-state index in [4.69, 9.17) is 9.25 Å². The predicted molar refractivity (Wildman–Crippen MR) is 93.8 cm³/mol. The number of hydrogen-bond acceptors (Lipinski definition) is 4. The first-order valence-electron chi connectivity index (χ1n) is 8.32. The van der Waals surface area contributed by atoms with Gasteiger partial charge in [-0.05, 0) is 32.4 Å². The summed E-state index contributed by atoms with van der Waals surface area (Å²) in [6, 6.07) is 11.4. The topological polar surface area (TPSA) is 71.8 Å². The molecule has 25 heavy (non-hydrogen) atoms. The lowest BCUT2D eigenvalue weighted by atomic mass is 10.1. The largest absolute Gasteiger partial charge is 0.466 e. The maximum atomic E-state index is 12.9. The van der Waals surface area contributed by atoms with Gasteiger partial charge in [-0.25, -0.2) is 5.48 Å². The number of furan rings is 1. The average molecular weight is 344 g/mol. The number of rotatable bonds is 8. The Bertz CT molecular complexity index is 709. The average Bonchev–Trinajstić information content (AvgIpc) is 2.95. The van der Waals surface area contributed by atoms with Gasteiger partial charge in [-0.1, -0.05) is 30.3 Å². The number of nitrogens with one attached hydrogen (secondary N) is 1. The first-order chi connectivity index (χ1) is 12.0. The zero-order valence-electron chi connectivity index (χ0n) is 14.9. The van der Waals surface area contributed by atoms with Crippen molar-refractivity contribution >= 4 is 11.8 Å². The highest BCUT2D eigenvalue weighted by molar-refractivity contribution is 5.95. The van der Waals surface area contributed by atoms with Gasteiger partial charge in [0.05, 0.1) is 12.2 Å². The molecule has 1 N–H and O–H groups in total. The molecule has 0 aliphatic carbocycles. The predicted octanol–water partition coefficient (Wildman–Crippen LogP) is 3.00. The van der Waals surface area contributed by atoms with Crippen LogP contribution >= 0.6 is 0 Å². The molecule has 6 nitrogen and oxygen atoms in total. The van der Waals surface area contributed by atoms with Crippen LogP contribution < -0.4 is 5.48 Å². The molecule has 0 atom stereocenters. The van der Waals surface area contributed by atoms with Crippen molar-refractivity contribution in [2.24, 2.45) is 0 Å². The third kappa shape index (κ3) is 5.46. The summed E-state index contributed by atoms with van der Waals surface area (Å²) in [5.41, 5.74) is 3.88. The second kappa shape index (κ2) is 9.03. The number of carbonyl (C=O) groups excluding carboxylic acids is 2. The molecule has 0 saturated heterocycles. The van der Waals surface area contributed by atoms with Gasteiger partial charge >= 0.3 is 0 Å². The number of benzene rings is 1. The third-order valence-corrected chi connectivity index (χ3v) is 3.71. The summed E-state index contributed by atoms with van der Waals surface area (Å²) in [5.74, 6) is 0.865. The molecular formula is C19H24N2O4. The van der Waals surface area contributed by atoms with E-state index in [0.29, 0.717) is 30.2 Å². The molecule has 2 aromatic rings. The lowest BCUT2D eigenvalue weighted by molar-refractivity contribution is -0.133. The van der Waals surface area contributed by atoms with Crippen LogP contribution in [-0.2, 0) is 16.2 Å². The highest BCUT2D eigenvalue weighted by atomic mass is 16.6. The Labute approximate surface area is 147 Å². The summed E-state index contributed by atoms with van der Waals surface area (Å²) in [6.45, 7) is 6.46. The number of nitrogens with zero attached hydrogens (tertiary/aromatic N) is 1. The summed E-state index contributed by atoms with van der Waals surface area (Å²) in [6.07, 6.45) is 0.161. The van der Waals surface area contributed by atoms with E-state index in [-0.39, 0.29) is 24.8 Å². The first kappa shape index (κ1) is 18.7. The SMILES string of the molecule is CCONC(=O)CCN(Cc1ccccc1)C(=O)c1cc(C)oc1C. The fourth-order valence-electron chi connectivity index (χ4n) is 2.51. The van der Waals surface area contributed by atoms with Crippen LogP contribution in [0.3, 0.4) is 0 Å². The Morgan fingerprint density at radius 1 is 1.20 bits per heavy atom. The number of aryl methyl sites for hydroxylation is 2. The minimum atomic E-state index is -0.257. The smallest absolute Gasteiger partial charge is 0.257 e. The van der Waals surface area contributed by atoms with E-state index >= 15 is 0 Å².